The van der Waals surface area contributed by atoms with Gasteiger partial charge in [-0.05, 0) is 24.3 Å². The third kappa shape index (κ3) is 3.20. The Morgan fingerprint density at radius 3 is 2.40 bits per heavy atom. The van der Waals surface area contributed by atoms with Crippen LogP contribution in [0.3, 0.4) is 0 Å². The van der Waals surface area contributed by atoms with Crippen molar-refractivity contribution in [2.45, 2.75) is 0 Å². The fourth-order valence-electron chi connectivity index (χ4n) is 2.45. The number of nitrogens with one attached hydrogen (secondary N) is 2. The van der Waals surface area contributed by atoms with E-state index >= 15 is 0 Å². The molecular weight excluding hydrogens is 318 g/mol. The van der Waals surface area contributed by atoms with E-state index in [0.717, 1.165) is 5.56 Å². The second kappa shape index (κ2) is 6.48. The summed E-state index contributed by atoms with van der Waals surface area (Å²) in [6.45, 7) is 0. The summed E-state index contributed by atoms with van der Waals surface area (Å²) in [6.07, 6.45) is 0. The van der Waals surface area contributed by atoms with Crippen LogP contribution < -0.4 is 16.2 Å². The second-order valence-electron chi connectivity index (χ2n) is 5.40. The quantitative estimate of drug-likeness (QED) is 0.420. The number of aromatic nitrogens is 1. The molecule has 0 bridgehead atoms. The number of hydrogen-bond acceptors (Lipinski definition) is 5. The van der Waals surface area contributed by atoms with E-state index < -0.39 is 0 Å². The Kier molecular flexibility index (Phi) is 4.21. The average molecular weight is 335 g/mol. The number of nitrogen functional groups attached to an aromatic ring is 2. The van der Waals surface area contributed by atoms with Crippen LogP contribution >= 0.6 is 0 Å². The molecule has 0 radical (unpaired) electrons. The summed E-state index contributed by atoms with van der Waals surface area (Å²) in [5.41, 5.74) is 14.3. The first-order chi connectivity index (χ1) is 12.0. The Labute approximate surface area is 144 Å². The Bertz CT molecular complexity index is 962. The van der Waals surface area contributed by atoms with Crippen LogP contribution in [0.15, 0.2) is 53.1 Å². The zero-order valence-electron chi connectivity index (χ0n) is 13.5. The topological polar surface area (TPSA) is 135 Å². The Balaban J connectivity index is 2.05. The largest absolute Gasteiger partial charge is 0.496 e. The monoisotopic (exact) mass is 335 g/mol. The molecule has 126 valence electrons. The zero-order chi connectivity index (χ0) is 18.0. The summed E-state index contributed by atoms with van der Waals surface area (Å²) in [5.74, 6) is 1.02. The fraction of sp³-hybridized carbons (Fsp3) is 0.0556. The van der Waals surface area contributed by atoms with E-state index in [1.165, 1.54) is 0 Å². The summed E-state index contributed by atoms with van der Waals surface area (Å²) in [6, 6.07) is 14.1. The fourth-order valence-corrected chi connectivity index (χ4v) is 2.45. The first-order valence-corrected chi connectivity index (χ1v) is 7.44. The minimum absolute atomic E-state index is 0.0126. The first kappa shape index (κ1) is 16.3. The van der Waals surface area contributed by atoms with Gasteiger partial charge in [-0.2, -0.15) is 0 Å². The smallest absolute Gasteiger partial charge is 0.171 e. The van der Waals surface area contributed by atoms with Crippen molar-refractivity contribution in [3.63, 3.8) is 0 Å². The maximum absolute atomic E-state index is 7.58. The summed E-state index contributed by atoms with van der Waals surface area (Å²) in [4.78, 5) is 0. The first-order valence-electron chi connectivity index (χ1n) is 7.44. The molecule has 0 unspecified atom stereocenters. The van der Waals surface area contributed by atoms with Crippen molar-refractivity contribution in [1.82, 2.24) is 5.16 Å². The highest BCUT2D eigenvalue weighted by Crippen LogP contribution is 2.33. The lowest BCUT2D eigenvalue weighted by Gasteiger charge is -2.07. The van der Waals surface area contributed by atoms with E-state index in [1.54, 1.807) is 49.6 Å². The number of nitrogens with two attached hydrogens (primary N) is 2. The van der Waals surface area contributed by atoms with E-state index in [9.17, 15) is 0 Å². The molecule has 3 rings (SSSR count). The summed E-state index contributed by atoms with van der Waals surface area (Å²) < 4.78 is 10.8. The van der Waals surface area contributed by atoms with Crippen LogP contribution in [0, 0.1) is 10.8 Å². The highest BCUT2D eigenvalue weighted by molar-refractivity contribution is 5.97. The van der Waals surface area contributed by atoms with Crippen molar-refractivity contribution in [3.05, 3.63) is 59.7 Å². The molecule has 0 atom stereocenters. The average Bonchev–Trinajstić information content (AvgIpc) is 3.11. The van der Waals surface area contributed by atoms with Gasteiger partial charge in [0, 0.05) is 22.8 Å². The van der Waals surface area contributed by atoms with Gasteiger partial charge >= 0.3 is 0 Å². The lowest BCUT2D eigenvalue weighted by atomic mass is 10.0. The van der Waals surface area contributed by atoms with Crippen molar-refractivity contribution in [3.8, 4) is 28.3 Å². The van der Waals surface area contributed by atoms with Gasteiger partial charge in [0.15, 0.2) is 5.76 Å². The Hall–Kier alpha value is -3.61. The molecule has 1 aromatic heterocycles. The molecule has 0 saturated carbocycles. The van der Waals surface area contributed by atoms with E-state index in [-0.39, 0.29) is 11.7 Å². The number of ether oxygens (including phenoxy) is 1. The molecule has 0 fully saturated rings. The zero-order valence-corrected chi connectivity index (χ0v) is 13.5. The normalized spacial score (nSPS) is 10.4. The van der Waals surface area contributed by atoms with Crippen LogP contribution in [0.1, 0.15) is 11.1 Å². The number of methoxy groups -OCH3 is 1. The van der Waals surface area contributed by atoms with Crippen molar-refractivity contribution in [2.75, 3.05) is 7.11 Å². The van der Waals surface area contributed by atoms with Crippen LogP contribution in [0.2, 0.25) is 0 Å². The molecule has 3 aromatic rings. The summed E-state index contributed by atoms with van der Waals surface area (Å²) >= 11 is 0. The van der Waals surface area contributed by atoms with Gasteiger partial charge in [0.2, 0.25) is 0 Å². The molecule has 0 aliphatic carbocycles. The molecule has 0 aliphatic rings. The minimum atomic E-state index is -0.0437. The Morgan fingerprint density at radius 2 is 1.72 bits per heavy atom. The molecular formula is C18H17N5O2. The van der Waals surface area contributed by atoms with Gasteiger partial charge in [-0.1, -0.05) is 23.4 Å². The van der Waals surface area contributed by atoms with Gasteiger partial charge in [0.1, 0.15) is 23.1 Å². The number of rotatable bonds is 5. The van der Waals surface area contributed by atoms with E-state index in [1.807, 2.05) is 6.07 Å². The Morgan fingerprint density at radius 1 is 1.00 bits per heavy atom. The van der Waals surface area contributed by atoms with Gasteiger partial charge in [0.25, 0.3) is 0 Å². The molecule has 6 N–H and O–H groups in total. The van der Waals surface area contributed by atoms with Gasteiger partial charge in [0.05, 0.1) is 12.7 Å². The van der Waals surface area contributed by atoms with Crippen LogP contribution in [0.4, 0.5) is 0 Å². The van der Waals surface area contributed by atoms with E-state index in [0.29, 0.717) is 33.9 Å². The van der Waals surface area contributed by atoms with Gasteiger partial charge in [-0.15, -0.1) is 0 Å². The molecule has 0 aliphatic heterocycles. The van der Waals surface area contributed by atoms with E-state index in [2.05, 4.69) is 5.16 Å². The predicted octanol–water partition coefficient (Wildman–Crippen LogP) is 2.59. The van der Waals surface area contributed by atoms with E-state index in [4.69, 9.17) is 31.5 Å². The molecule has 25 heavy (non-hydrogen) atoms. The number of hydrogen-bond donors (Lipinski definition) is 4. The molecule has 0 amide bonds. The third-order valence-electron chi connectivity index (χ3n) is 3.76. The maximum atomic E-state index is 7.58. The number of benzene rings is 2. The molecule has 0 spiro atoms. The van der Waals surface area contributed by atoms with Crippen molar-refractivity contribution < 1.29 is 9.26 Å². The molecule has 7 nitrogen and oxygen atoms in total. The maximum Gasteiger partial charge on any atom is 0.171 e. The number of nitrogens with zero attached hydrogens (tertiary/aromatic N) is 1. The predicted molar refractivity (Wildman–Crippen MR) is 96.0 cm³/mol. The lowest BCUT2D eigenvalue weighted by molar-refractivity contribution is 0.407. The standard InChI is InChI=1S/C18H17N5O2/c1-24-15-6-5-12(18(21)22)8-13(15)16-9-14(23-25-16)10-3-2-4-11(7-10)17(19)20/h2-9H,1H3,(H3,19,20)(H3,21,22). The van der Waals surface area contributed by atoms with Crippen molar-refractivity contribution >= 4 is 11.7 Å². The SMILES string of the molecule is COc1ccc(C(=N)N)cc1-c1cc(-c2cccc(C(=N)N)c2)no1. The van der Waals surface area contributed by atoms with Crippen LogP contribution in [-0.2, 0) is 0 Å². The van der Waals surface area contributed by atoms with Crippen molar-refractivity contribution in [1.29, 1.82) is 10.8 Å². The second-order valence-corrected chi connectivity index (χ2v) is 5.40. The molecule has 7 heteroatoms. The summed E-state index contributed by atoms with van der Waals surface area (Å²) in [7, 11) is 1.56. The van der Waals surface area contributed by atoms with Crippen LogP contribution in [0.5, 0.6) is 5.75 Å². The lowest BCUT2D eigenvalue weighted by Crippen LogP contribution is -2.11. The van der Waals surface area contributed by atoms with Crippen LogP contribution in [0.25, 0.3) is 22.6 Å². The van der Waals surface area contributed by atoms with Gasteiger partial charge in [-0.25, -0.2) is 0 Å². The highest BCUT2D eigenvalue weighted by atomic mass is 16.5. The van der Waals surface area contributed by atoms with Crippen LogP contribution in [-0.4, -0.2) is 23.9 Å². The molecule has 1 heterocycles. The van der Waals surface area contributed by atoms with Gasteiger partial charge in [-0.3, -0.25) is 10.8 Å². The molecule has 0 saturated heterocycles. The molecule has 2 aromatic carbocycles. The van der Waals surface area contributed by atoms with Gasteiger partial charge < -0.3 is 20.7 Å². The summed E-state index contributed by atoms with van der Waals surface area (Å²) in [5, 5.41) is 19.2. The highest BCUT2D eigenvalue weighted by Gasteiger charge is 2.15. The minimum Gasteiger partial charge on any atom is -0.496 e. The number of amidine groups is 2. The third-order valence-corrected chi connectivity index (χ3v) is 3.76. The van der Waals surface area contributed by atoms with Crippen molar-refractivity contribution in [2.24, 2.45) is 11.5 Å².